The Labute approximate surface area is 105 Å². The Bertz CT molecular complexity index is 241. The van der Waals surface area contributed by atoms with Gasteiger partial charge in [0.25, 0.3) is 0 Å². The Morgan fingerprint density at radius 2 is 1.88 bits per heavy atom. The van der Waals surface area contributed by atoms with E-state index in [-0.39, 0.29) is 11.6 Å². The van der Waals surface area contributed by atoms with E-state index < -0.39 is 5.54 Å². The van der Waals surface area contributed by atoms with Crippen LogP contribution in [0, 0.1) is 0 Å². The fourth-order valence-corrected chi connectivity index (χ4v) is 1.43. The van der Waals surface area contributed by atoms with E-state index in [2.05, 4.69) is 26.1 Å². The van der Waals surface area contributed by atoms with Crippen molar-refractivity contribution in [2.24, 2.45) is 0 Å². The first kappa shape index (κ1) is 16.4. The Balaban J connectivity index is 4.05. The molecule has 0 fully saturated rings. The van der Waals surface area contributed by atoms with Crippen molar-refractivity contribution in [3.05, 3.63) is 0 Å². The average Bonchev–Trinajstić information content (AvgIpc) is 2.33. The van der Waals surface area contributed by atoms with Gasteiger partial charge in [-0.2, -0.15) is 0 Å². The van der Waals surface area contributed by atoms with Crippen LogP contribution in [-0.2, 0) is 14.3 Å². The van der Waals surface area contributed by atoms with Gasteiger partial charge >= 0.3 is 5.97 Å². The molecule has 0 aliphatic heterocycles. The summed E-state index contributed by atoms with van der Waals surface area (Å²) in [5, 5.41) is 3.01. The minimum atomic E-state index is -0.617. The van der Waals surface area contributed by atoms with Crippen molar-refractivity contribution < 1.29 is 14.3 Å². The molecule has 0 saturated heterocycles. The lowest BCUT2D eigenvalue weighted by atomic mass is 9.96. The van der Waals surface area contributed by atoms with Crippen molar-refractivity contribution in [3.63, 3.8) is 0 Å². The summed E-state index contributed by atoms with van der Waals surface area (Å²) in [7, 11) is 3.18. The summed E-state index contributed by atoms with van der Waals surface area (Å²) in [5.74, 6) is -0.227. The Hall–Kier alpha value is -0.610. The molecule has 4 nitrogen and oxygen atoms in total. The normalized spacial score (nSPS) is 15.4. The van der Waals surface area contributed by atoms with E-state index in [0.29, 0.717) is 13.0 Å². The monoisotopic (exact) mass is 245 g/mol. The highest BCUT2D eigenvalue weighted by molar-refractivity contribution is 5.80. The molecular formula is C13H27NO3. The Morgan fingerprint density at radius 1 is 1.29 bits per heavy atom. The maximum atomic E-state index is 11.6. The molecule has 0 aliphatic carbocycles. The van der Waals surface area contributed by atoms with Crippen LogP contribution in [0.25, 0.3) is 0 Å². The summed E-state index contributed by atoms with van der Waals surface area (Å²) in [6.07, 6.45) is 2.51. The second kappa shape index (κ2) is 6.97. The van der Waals surface area contributed by atoms with Crippen molar-refractivity contribution in [1.29, 1.82) is 0 Å². The van der Waals surface area contributed by atoms with Gasteiger partial charge in [0.1, 0.15) is 5.54 Å². The number of likely N-dealkylation sites (N-methyl/N-ethyl adjacent to an activating group) is 1. The van der Waals surface area contributed by atoms with Crippen molar-refractivity contribution in [2.45, 2.75) is 58.1 Å². The lowest BCUT2D eigenvalue weighted by molar-refractivity contribution is -0.148. The number of methoxy groups -OCH3 is 1. The molecule has 17 heavy (non-hydrogen) atoms. The average molecular weight is 245 g/mol. The summed E-state index contributed by atoms with van der Waals surface area (Å²) in [6.45, 7) is 8.76. The van der Waals surface area contributed by atoms with Crippen molar-refractivity contribution in [2.75, 3.05) is 20.8 Å². The summed E-state index contributed by atoms with van der Waals surface area (Å²) in [4.78, 5) is 11.6. The number of esters is 1. The van der Waals surface area contributed by atoms with Crippen LogP contribution < -0.4 is 5.32 Å². The fourth-order valence-electron chi connectivity index (χ4n) is 1.43. The summed E-state index contributed by atoms with van der Waals surface area (Å²) < 4.78 is 10.5. The van der Waals surface area contributed by atoms with E-state index in [4.69, 9.17) is 9.47 Å². The van der Waals surface area contributed by atoms with Crippen LogP contribution in [0.5, 0.6) is 0 Å². The van der Waals surface area contributed by atoms with E-state index in [0.717, 1.165) is 12.8 Å². The van der Waals surface area contributed by atoms with Crippen LogP contribution in [0.15, 0.2) is 0 Å². The Morgan fingerprint density at radius 3 is 2.29 bits per heavy atom. The number of carbonyl (C=O) groups is 1. The van der Waals surface area contributed by atoms with Crippen LogP contribution in [0.1, 0.15) is 47.0 Å². The van der Waals surface area contributed by atoms with Gasteiger partial charge in [-0.1, -0.05) is 6.92 Å². The zero-order chi connectivity index (χ0) is 13.5. The van der Waals surface area contributed by atoms with Crippen LogP contribution in [0.3, 0.4) is 0 Å². The zero-order valence-electron chi connectivity index (χ0n) is 12.1. The third-order valence-corrected chi connectivity index (χ3v) is 3.35. The van der Waals surface area contributed by atoms with Crippen molar-refractivity contribution in [1.82, 2.24) is 5.32 Å². The molecular weight excluding hydrogens is 218 g/mol. The van der Waals surface area contributed by atoms with Crippen LogP contribution in [0.4, 0.5) is 0 Å². The third-order valence-electron chi connectivity index (χ3n) is 3.35. The molecule has 0 rings (SSSR count). The summed E-state index contributed by atoms with van der Waals surface area (Å²) >= 11 is 0. The second-order valence-corrected chi connectivity index (χ2v) is 5.14. The van der Waals surface area contributed by atoms with Crippen molar-refractivity contribution in [3.8, 4) is 0 Å². The molecule has 102 valence electrons. The summed E-state index contributed by atoms with van der Waals surface area (Å²) in [6, 6.07) is 0. The van der Waals surface area contributed by atoms with E-state index in [9.17, 15) is 4.79 Å². The first-order valence-electron chi connectivity index (χ1n) is 6.22. The number of nitrogens with one attached hydrogen (secondary N) is 1. The standard InChI is InChI=1S/C13H27NO3/c1-7-12(2,3)17-10-8-9-13(4,14-5)11(15)16-6/h14H,7-10H2,1-6H3. The van der Waals surface area contributed by atoms with Crippen LogP contribution in [0.2, 0.25) is 0 Å². The van der Waals surface area contributed by atoms with E-state index in [1.807, 2.05) is 6.92 Å². The van der Waals surface area contributed by atoms with E-state index in [1.54, 1.807) is 7.05 Å². The van der Waals surface area contributed by atoms with Crippen molar-refractivity contribution >= 4 is 5.97 Å². The molecule has 0 heterocycles. The molecule has 4 heteroatoms. The molecule has 0 aromatic rings. The molecule has 0 bridgehead atoms. The van der Waals surface area contributed by atoms with Gasteiger partial charge in [-0.3, -0.25) is 4.79 Å². The predicted molar refractivity (Wildman–Crippen MR) is 69.0 cm³/mol. The Kier molecular flexibility index (Phi) is 6.72. The molecule has 0 spiro atoms. The molecule has 1 N–H and O–H groups in total. The van der Waals surface area contributed by atoms with Crippen LogP contribution >= 0.6 is 0 Å². The number of ether oxygens (including phenoxy) is 2. The minimum absolute atomic E-state index is 0.0820. The van der Waals surface area contributed by atoms with Crippen LogP contribution in [-0.4, -0.2) is 37.9 Å². The molecule has 0 amide bonds. The molecule has 0 saturated carbocycles. The van der Waals surface area contributed by atoms with E-state index >= 15 is 0 Å². The van der Waals surface area contributed by atoms with Gasteiger partial charge in [-0.15, -0.1) is 0 Å². The number of carbonyl (C=O) groups excluding carboxylic acids is 1. The number of rotatable bonds is 8. The maximum absolute atomic E-state index is 11.6. The third kappa shape index (κ3) is 5.50. The first-order valence-corrected chi connectivity index (χ1v) is 6.22. The van der Waals surface area contributed by atoms with Gasteiger partial charge in [-0.25, -0.2) is 0 Å². The largest absolute Gasteiger partial charge is 0.468 e. The quantitative estimate of drug-likeness (QED) is 0.525. The molecule has 0 aliphatic rings. The minimum Gasteiger partial charge on any atom is -0.468 e. The predicted octanol–water partition coefficient (Wildman–Crippen LogP) is 2.12. The van der Waals surface area contributed by atoms with Gasteiger partial charge in [0.2, 0.25) is 0 Å². The molecule has 0 radical (unpaired) electrons. The smallest absolute Gasteiger partial charge is 0.325 e. The molecule has 0 aromatic heterocycles. The first-order chi connectivity index (χ1) is 7.81. The van der Waals surface area contributed by atoms with Gasteiger partial charge in [0.15, 0.2) is 0 Å². The van der Waals surface area contributed by atoms with Gasteiger partial charge in [0.05, 0.1) is 12.7 Å². The van der Waals surface area contributed by atoms with E-state index in [1.165, 1.54) is 7.11 Å². The topological polar surface area (TPSA) is 47.6 Å². The zero-order valence-corrected chi connectivity index (χ0v) is 12.1. The summed E-state index contributed by atoms with van der Waals surface area (Å²) in [5.41, 5.74) is -0.699. The highest BCUT2D eigenvalue weighted by atomic mass is 16.5. The highest BCUT2D eigenvalue weighted by Crippen LogP contribution is 2.17. The second-order valence-electron chi connectivity index (χ2n) is 5.14. The lowest BCUT2D eigenvalue weighted by Gasteiger charge is -2.28. The molecule has 1 unspecified atom stereocenters. The SMILES string of the molecule is CCC(C)(C)OCCCC(C)(NC)C(=O)OC. The lowest BCUT2D eigenvalue weighted by Crippen LogP contribution is -2.48. The maximum Gasteiger partial charge on any atom is 0.325 e. The number of hydrogen-bond donors (Lipinski definition) is 1. The number of hydrogen-bond acceptors (Lipinski definition) is 4. The highest BCUT2D eigenvalue weighted by Gasteiger charge is 2.31. The fraction of sp³-hybridized carbons (Fsp3) is 0.923. The van der Waals surface area contributed by atoms with Gasteiger partial charge in [0, 0.05) is 6.61 Å². The molecule has 1 atom stereocenters. The van der Waals surface area contributed by atoms with Gasteiger partial charge in [-0.05, 0) is 47.1 Å². The van der Waals surface area contributed by atoms with Gasteiger partial charge < -0.3 is 14.8 Å². The molecule has 0 aromatic carbocycles.